The molecule has 3 heterocycles. The fraction of sp³-hybridized carbons (Fsp3) is 0.588. The van der Waals surface area contributed by atoms with Gasteiger partial charge in [-0.25, -0.2) is 9.97 Å². The zero-order valence-electron chi connectivity index (χ0n) is 13.8. The minimum absolute atomic E-state index is 0.0999. The van der Waals surface area contributed by atoms with Crippen LogP contribution in [-0.4, -0.2) is 31.7 Å². The number of aromatic nitrogens is 3. The number of aryl methyl sites for hydroxylation is 1. The molecule has 1 saturated carbocycles. The van der Waals surface area contributed by atoms with Crippen LogP contribution in [0.3, 0.4) is 0 Å². The van der Waals surface area contributed by atoms with Gasteiger partial charge in [-0.15, -0.1) is 11.3 Å². The first kappa shape index (κ1) is 16.1. The first-order chi connectivity index (χ1) is 11.7. The molecule has 2 aromatic rings. The molecule has 1 atom stereocenters. The van der Waals surface area contributed by atoms with Crippen molar-refractivity contribution in [3.05, 3.63) is 28.8 Å². The molecule has 0 radical (unpaired) electrons. The number of carbonyl (C=O) groups is 1. The van der Waals surface area contributed by atoms with E-state index in [4.69, 9.17) is 0 Å². The van der Waals surface area contributed by atoms with Gasteiger partial charge in [0, 0.05) is 35.0 Å². The standard InChI is InChI=1S/C17H22N4OS2/c1-11-15(24-17(19-11)23-14-4-2-3-5-14)7-16(22)20-12-6-13-8-18-10-21(13)9-12/h8,10,12,14H,2-7,9H2,1H3,(H,20,22). The Morgan fingerprint density at radius 1 is 1.46 bits per heavy atom. The molecule has 1 unspecified atom stereocenters. The molecule has 2 aliphatic rings. The van der Waals surface area contributed by atoms with Crippen LogP contribution in [0.4, 0.5) is 0 Å². The van der Waals surface area contributed by atoms with E-state index >= 15 is 0 Å². The van der Waals surface area contributed by atoms with Gasteiger partial charge in [0.15, 0.2) is 4.34 Å². The largest absolute Gasteiger partial charge is 0.351 e. The molecule has 0 spiro atoms. The van der Waals surface area contributed by atoms with E-state index in [0.717, 1.165) is 33.1 Å². The molecule has 4 rings (SSSR count). The van der Waals surface area contributed by atoms with E-state index in [-0.39, 0.29) is 11.9 Å². The van der Waals surface area contributed by atoms with Crippen LogP contribution in [0.2, 0.25) is 0 Å². The van der Waals surface area contributed by atoms with E-state index in [9.17, 15) is 4.79 Å². The third-order valence-corrected chi connectivity index (χ3v) is 7.39. The molecule has 1 fully saturated rings. The van der Waals surface area contributed by atoms with E-state index in [1.807, 2.05) is 31.2 Å². The van der Waals surface area contributed by atoms with Crippen molar-refractivity contribution in [1.82, 2.24) is 19.9 Å². The lowest BCUT2D eigenvalue weighted by Gasteiger charge is -2.11. The number of thioether (sulfide) groups is 1. The highest BCUT2D eigenvalue weighted by atomic mass is 32.2. The first-order valence-corrected chi connectivity index (χ1v) is 10.3. The predicted molar refractivity (Wildman–Crippen MR) is 96.5 cm³/mol. The van der Waals surface area contributed by atoms with E-state index in [2.05, 4.69) is 19.9 Å². The molecule has 0 saturated heterocycles. The van der Waals surface area contributed by atoms with Crippen LogP contribution >= 0.6 is 23.1 Å². The number of hydrogen-bond acceptors (Lipinski definition) is 5. The van der Waals surface area contributed by atoms with Crippen molar-refractivity contribution in [2.24, 2.45) is 0 Å². The van der Waals surface area contributed by atoms with Gasteiger partial charge in [-0.2, -0.15) is 0 Å². The molecule has 7 heteroatoms. The summed E-state index contributed by atoms with van der Waals surface area (Å²) >= 11 is 3.60. The third kappa shape index (κ3) is 3.52. The zero-order valence-corrected chi connectivity index (χ0v) is 15.5. The number of thiazole rings is 1. The van der Waals surface area contributed by atoms with Crippen molar-refractivity contribution in [2.45, 2.75) is 67.6 Å². The molecule has 24 heavy (non-hydrogen) atoms. The van der Waals surface area contributed by atoms with E-state index in [1.165, 1.54) is 31.4 Å². The summed E-state index contributed by atoms with van der Waals surface area (Å²) in [5.74, 6) is 0.0999. The van der Waals surface area contributed by atoms with Crippen molar-refractivity contribution in [3.63, 3.8) is 0 Å². The number of imidazole rings is 1. The van der Waals surface area contributed by atoms with E-state index in [1.54, 1.807) is 11.3 Å². The number of nitrogens with zero attached hydrogens (tertiary/aromatic N) is 3. The van der Waals surface area contributed by atoms with Crippen LogP contribution in [-0.2, 0) is 24.2 Å². The summed E-state index contributed by atoms with van der Waals surface area (Å²) in [6, 6.07) is 0.191. The number of hydrogen-bond donors (Lipinski definition) is 1. The lowest BCUT2D eigenvalue weighted by Crippen LogP contribution is -2.36. The lowest BCUT2D eigenvalue weighted by molar-refractivity contribution is -0.121. The number of amides is 1. The van der Waals surface area contributed by atoms with Crippen molar-refractivity contribution in [2.75, 3.05) is 0 Å². The molecule has 2 aromatic heterocycles. The third-order valence-electron chi connectivity index (χ3n) is 4.80. The fourth-order valence-corrected chi connectivity index (χ4v) is 6.26. The molecular formula is C17H22N4OS2. The van der Waals surface area contributed by atoms with Crippen LogP contribution in [0, 0.1) is 6.92 Å². The number of carbonyl (C=O) groups excluding carboxylic acids is 1. The van der Waals surface area contributed by atoms with Gasteiger partial charge in [0.05, 0.1) is 24.5 Å². The molecule has 1 amide bonds. The molecule has 1 aliphatic carbocycles. The smallest absolute Gasteiger partial charge is 0.225 e. The number of fused-ring (bicyclic) bond motifs is 1. The Balaban J connectivity index is 1.32. The average molecular weight is 363 g/mol. The summed E-state index contributed by atoms with van der Waals surface area (Å²) in [6.07, 6.45) is 10.3. The number of rotatable bonds is 5. The summed E-state index contributed by atoms with van der Waals surface area (Å²) in [5.41, 5.74) is 2.21. The molecule has 0 bridgehead atoms. The zero-order chi connectivity index (χ0) is 16.5. The van der Waals surface area contributed by atoms with Crippen molar-refractivity contribution in [1.29, 1.82) is 0 Å². The monoisotopic (exact) mass is 362 g/mol. The Bertz CT molecular complexity index is 712. The topological polar surface area (TPSA) is 59.8 Å². The Morgan fingerprint density at radius 2 is 2.29 bits per heavy atom. The van der Waals surface area contributed by atoms with Crippen LogP contribution in [0.15, 0.2) is 16.9 Å². The van der Waals surface area contributed by atoms with Crippen molar-refractivity contribution < 1.29 is 4.79 Å². The second kappa shape index (κ2) is 6.88. The summed E-state index contributed by atoms with van der Waals surface area (Å²) in [5, 5.41) is 3.88. The molecule has 1 N–H and O–H groups in total. The summed E-state index contributed by atoms with van der Waals surface area (Å²) < 4.78 is 3.24. The van der Waals surface area contributed by atoms with Gasteiger partial charge in [-0.1, -0.05) is 24.6 Å². The van der Waals surface area contributed by atoms with Gasteiger partial charge in [-0.05, 0) is 19.8 Å². The second-order valence-electron chi connectivity index (χ2n) is 6.70. The quantitative estimate of drug-likeness (QED) is 0.888. The second-order valence-corrected chi connectivity index (χ2v) is 9.33. The maximum absolute atomic E-state index is 12.4. The minimum atomic E-state index is 0.0999. The van der Waals surface area contributed by atoms with Gasteiger partial charge in [0.1, 0.15) is 0 Å². The Morgan fingerprint density at radius 3 is 3.08 bits per heavy atom. The van der Waals surface area contributed by atoms with Crippen molar-refractivity contribution in [3.8, 4) is 0 Å². The molecule has 1 aliphatic heterocycles. The predicted octanol–water partition coefficient (Wildman–Crippen LogP) is 2.97. The highest BCUT2D eigenvalue weighted by Crippen LogP contribution is 2.37. The Hall–Kier alpha value is -1.34. The molecule has 128 valence electrons. The van der Waals surface area contributed by atoms with Crippen LogP contribution in [0.25, 0.3) is 0 Å². The molecule has 0 aromatic carbocycles. The van der Waals surface area contributed by atoms with Crippen LogP contribution < -0.4 is 5.32 Å². The van der Waals surface area contributed by atoms with Gasteiger partial charge in [0.2, 0.25) is 5.91 Å². The van der Waals surface area contributed by atoms with Gasteiger partial charge in [0.25, 0.3) is 0 Å². The lowest BCUT2D eigenvalue weighted by atomic mass is 10.2. The summed E-state index contributed by atoms with van der Waals surface area (Å²) in [4.78, 5) is 22.3. The van der Waals surface area contributed by atoms with Gasteiger partial charge >= 0.3 is 0 Å². The maximum atomic E-state index is 12.4. The SMILES string of the molecule is Cc1nc(SC2CCCC2)sc1CC(=O)NC1Cc2cncn2C1. The number of nitrogens with one attached hydrogen (secondary N) is 1. The summed E-state index contributed by atoms with van der Waals surface area (Å²) in [6.45, 7) is 2.84. The Kier molecular flexibility index (Phi) is 4.63. The average Bonchev–Trinajstić information content (AvgIpc) is 3.26. The highest BCUT2D eigenvalue weighted by molar-refractivity contribution is 8.01. The van der Waals surface area contributed by atoms with Crippen molar-refractivity contribution >= 4 is 29.0 Å². The van der Waals surface area contributed by atoms with Gasteiger partial charge < -0.3 is 9.88 Å². The molecule has 5 nitrogen and oxygen atoms in total. The maximum Gasteiger partial charge on any atom is 0.225 e. The highest BCUT2D eigenvalue weighted by Gasteiger charge is 2.24. The first-order valence-electron chi connectivity index (χ1n) is 8.58. The fourth-order valence-electron chi connectivity index (χ4n) is 3.52. The Labute approximate surface area is 150 Å². The molecular weight excluding hydrogens is 340 g/mol. The summed E-state index contributed by atoms with van der Waals surface area (Å²) in [7, 11) is 0. The minimum Gasteiger partial charge on any atom is -0.351 e. The van der Waals surface area contributed by atoms with E-state index < -0.39 is 0 Å². The normalized spacial score (nSPS) is 20.5. The van der Waals surface area contributed by atoms with Crippen LogP contribution in [0.5, 0.6) is 0 Å². The van der Waals surface area contributed by atoms with E-state index in [0.29, 0.717) is 6.42 Å². The van der Waals surface area contributed by atoms with Crippen LogP contribution in [0.1, 0.15) is 41.9 Å². The van der Waals surface area contributed by atoms with Gasteiger partial charge in [-0.3, -0.25) is 4.79 Å².